The number of ether oxygens (including phenoxy) is 1. The zero-order chi connectivity index (χ0) is 20.8. The monoisotopic (exact) mass is 398 g/mol. The summed E-state index contributed by atoms with van der Waals surface area (Å²) in [7, 11) is -0.889. The van der Waals surface area contributed by atoms with Crippen LogP contribution in [0.15, 0.2) is 60.7 Å². The summed E-state index contributed by atoms with van der Waals surface area (Å²) in [5.41, 5.74) is 0. The number of hydrogen-bond donors (Lipinski definition) is 0. The van der Waals surface area contributed by atoms with Crippen LogP contribution in [0, 0.1) is 11.8 Å². The molecule has 0 bridgehead atoms. The lowest BCUT2D eigenvalue weighted by Gasteiger charge is -2.44. The van der Waals surface area contributed by atoms with Crippen LogP contribution in [-0.2, 0) is 14.0 Å². The zero-order valence-electron chi connectivity index (χ0n) is 18.0. The maximum absolute atomic E-state index is 11.3. The average molecular weight is 399 g/mol. The van der Waals surface area contributed by atoms with Crippen LogP contribution in [0.2, 0.25) is 5.04 Å². The molecule has 2 aromatic carbocycles. The summed E-state index contributed by atoms with van der Waals surface area (Å²) >= 11 is 0. The Morgan fingerprint density at radius 3 is 1.75 bits per heavy atom. The van der Waals surface area contributed by atoms with E-state index in [0.717, 1.165) is 6.29 Å². The van der Waals surface area contributed by atoms with Gasteiger partial charge in [0.15, 0.2) is 0 Å². The molecular formula is C24H34O3Si. The number of rotatable bonds is 9. The first kappa shape index (κ1) is 22.5. The molecule has 3 nitrogen and oxygen atoms in total. The zero-order valence-corrected chi connectivity index (χ0v) is 19.0. The molecule has 0 saturated heterocycles. The molecule has 3 atom stereocenters. The largest absolute Gasteiger partial charge is 0.407 e. The highest BCUT2D eigenvalue weighted by Gasteiger charge is 2.50. The van der Waals surface area contributed by atoms with Crippen molar-refractivity contribution in [1.29, 1.82) is 0 Å². The molecule has 2 rings (SSSR count). The third-order valence-electron chi connectivity index (χ3n) is 5.55. The molecule has 0 aliphatic rings. The average Bonchev–Trinajstić information content (AvgIpc) is 2.69. The Morgan fingerprint density at radius 1 is 0.929 bits per heavy atom. The Bertz CT molecular complexity index is 685. The molecule has 0 saturated carbocycles. The lowest BCUT2D eigenvalue weighted by atomic mass is 9.95. The molecule has 0 heterocycles. The third kappa shape index (κ3) is 4.62. The summed E-state index contributed by atoms with van der Waals surface area (Å²) in [6, 6.07) is 21.2. The fraction of sp³-hybridized carbons (Fsp3) is 0.458. The molecule has 0 aliphatic heterocycles. The number of hydrogen-bond acceptors (Lipinski definition) is 3. The minimum absolute atomic E-state index is 0.0612. The topological polar surface area (TPSA) is 35.5 Å². The number of carbonyl (C=O) groups excluding carboxylic acids is 1. The highest BCUT2D eigenvalue weighted by atomic mass is 28.4. The molecule has 0 spiro atoms. The van der Waals surface area contributed by atoms with Gasteiger partial charge < -0.3 is 14.0 Å². The van der Waals surface area contributed by atoms with E-state index in [4.69, 9.17) is 9.16 Å². The van der Waals surface area contributed by atoms with Crippen molar-refractivity contribution in [2.24, 2.45) is 11.8 Å². The van der Waals surface area contributed by atoms with Crippen molar-refractivity contribution in [3.8, 4) is 0 Å². The number of benzene rings is 2. The summed E-state index contributed by atoms with van der Waals surface area (Å²) in [4.78, 5) is 11.3. The Hall–Kier alpha value is -1.75. The van der Waals surface area contributed by atoms with E-state index in [-0.39, 0.29) is 23.0 Å². The van der Waals surface area contributed by atoms with Crippen LogP contribution < -0.4 is 10.4 Å². The van der Waals surface area contributed by atoms with Crippen LogP contribution in [-0.4, -0.2) is 34.4 Å². The van der Waals surface area contributed by atoms with Gasteiger partial charge in [-0.25, -0.2) is 0 Å². The molecule has 28 heavy (non-hydrogen) atoms. The van der Waals surface area contributed by atoms with Gasteiger partial charge in [0.05, 0.1) is 6.10 Å². The lowest BCUT2D eigenvalue weighted by molar-refractivity contribution is -0.116. The third-order valence-corrected chi connectivity index (χ3v) is 10.6. The molecular weight excluding hydrogens is 364 g/mol. The van der Waals surface area contributed by atoms with E-state index in [2.05, 4.69) is 76.2 Å². The van der Waals surface area contributed by atoms with Crippen molar-refractivity contribution >= 4 is 25.0 Å². The van der Waals surface area contributed by atoms with E-state index in [1.807, 2.05) is 19.1 Å². The Morgan fingerprint density at radius 2 is 1.39 bits per heavy atom. The molecule has 0 aromatic heterocycles. The van der Waals surface area contributed by atoms with E-state index >= 15 is 0 Å². The fourth-order valence-corrected chi connectivity index (χ4v) is 8.82. The summed E-state index contributed by atoms with van der Waals surface area (Å²) < 4.78 is 12.6. The van der Waals surface area contributed by atoms with Gasteiger partial charge in [0.1, 0.15) is 6.29 Å². The molecule has 0 radical (unpaired) electrons. The minimum Gasteiger partial charge on any atom is -0.407 e. The molecule has 0 fully saturated rings. The van der Waals surface area contributed by atoms with E-state index in [0.29, 0.717) is 6.61 Å². The number of aldehydes is 1. The van der Waals surface area contributed by atoms with Crippen LogP contribution in [0.3, 0.4) is 0 Å². The van der Waals surface area contributed by atoms with Crippen LogP contribution >= 0.6 is 0 Å². The predicted molar refractivity (Wildman–Crippen MR) is 119 cm³/mol. The molecule has 4 heteroatoms. The summed E-state index contributed by atoms with van der Waals surface area (Å²) in [5, 5.41) is 2.46. The summed E-state index contributed by atoms with van der Waals surface area (Å²) in [6.07, 6.45) is 0.809. The van der Waals surface area contributed by atoms with Crippen molar-refractivity contribution in [2.45, 2.75) is 45.8 Å². The van der Waals surface area contributed by atoms with Gasteiger partial charge in [0.25, 0.3) is 8.32 Å². The molecule has 152 valence electrons. The van der Waals surface area contributed by atoms with Crippen LogP contribution in [0.1, 0.15) is 34.6 Å². The van der Waals surface area contributed by atoms with Crippen molar-refractivity contribution in [3.05, 3.63) is 60.7 Å². The Labute approximate surface area is 171 Å². The molecule has 0 N–H and O–H groups in total. The van der Waals surface area contributed by atoms with E-state index < -0.39 is 8.32 Å². The van der Waals surface area contributed by atoms with E-state index in [9.17, 15) is 4.79 Å². The maximum atomic E-state index is 11.3. The van der Waals surface area contributed by atoms with Gasteiger partial charge in [-0.3, -0.25) is 0 Å². The normalized spacial score (nSPS) is 15.6. The van der Waals surface area contributed by atoms with Crippen molar-refractivity contribution in [1.82, 2.24) is 0 Å². The number of methoxy groups -OCH3 is 1. The van der Waals surface area contributed by atoms with E-state index in [1.54, 1.807) is 7.11 Å². The quantitative estimate of drug-likeness (QED) is 0.472. The molecule has 0 amide bonds. The van der Waals surface area contributed by atoms with Gasteiger partial charge in [0, 0.05) is 25.6 Å². The highest BCUT2D eigenvalue weighted by Crippen LogP contribution is 2.37. The van der Waals surface area contributed by atoms with Crippen molar-refractivity contribution in [3.63, 3.8) is 0 Å². The number of carbonyl (C=O) groups is 1. The second kappa shape index (κ2) is 9.64. The van der Waals surface area contributed by atoms with Crippen LogP contribution in [0.5, 0.6) is 0 Å². The first-order valence-corrected chi connectivity index (χ1v) is 11.9. The molecule has 0 unspecified atom stereocenters. The smallest absolute Gasteiger partial charge is 0.261 e. The van der Waals surface area contributed by atoms with Gasteiger partial charge in [-0.15, -0.1) is 0 Å². The van der Waals surface area contributed by atoms with E-state index in [1.165, 1.54) is 10.4 Å². The van der Waals surface area contributed by atoms with Crippen LogP contribution in [0.4, 0.5) is 0 Å². The van der Waals surface area contributed by atoms with Crippen molar-refractivity contribution < 1.29 is 14.0 Å². The van der Waals surface area contributed by atoms with Crippen molar-refractivity contribution in [2.75, 3.05) is 13.7 Å². The lowest BCUT2D eigenvalue weighted by Crippen LogP contribution is -2.67. The second-order valence-corrected chi connectivity index (χ2v) is 13.0. The first-order chi connectivity index (χ1) is 13.3. The van der Waals surface area contributed by atoms with Crippen LogP contribution in [0.25, 0.3) is 0 Å². The van der Waals surface area contributed by atoms with Gasteiger partial charge in [-0.05, 0) is 15.4 Å². The fourth-order valence-electron chi connectivity index (χ4n) is 4.16. The Balaban J connectivity index is 2.49. The second-order valence-electron chi connectivity index (χ2n) is 8.65. The van der Waals surface area contributed by atoms with Gasteiger partial charge in [-0.1, -0.05) is 95.3 Å². The highest BCUT2D eigenvalue weighted by molar-refractivity contribution is 6.99. The molecule has 0 aliphatic carbocycles. The molecule has 2 aromatic rings. The Kier molecular flexibility index (Phi) is 7.76. The SMILES string of the molecule is CO[C@H]([C@H](C)C=O)[C@H](C)CO[Si](c1ccccc1)(c1ccccc1)C(C)(C)C. The standard InChI is InChI=1S/C24H34O3Si/c1-19(17-25)23(26-6)20(2)18-27-28(24(3,4)5,21-13-9-7-10-14-21)22-15-11-8-12-16-22/h7-17,19-20,23H,18H2,1-6H3/t19-,20-,23-/m1/s1. The first-order valence-electron chi connectivity index (χ1n) is 10.0. The maximum Gasteiger partial charge on any atom is 0.261 e. The predicted octanol–water partition coefficient (Wildman–Crippen LogP) is 4.05. The minimum atomic E-state index is -2.56. The summed E-state index contributed by atoms with van der Waals surface area (Å²) in [6.45, 7) is 11.4. The van der Waals surface area contributed by atoms with Gasteiger partial charge in [0.2, 0.25) is 0 Å². The van der Waals surface area contributed by atoms with Gasteiger partial charge in [-0.2, -0.15) is 0 Å². The van der Waals surface area contributed by atoms with Gasteiger partial charge >= 0.3 is 0 Å². The summed E-state index contributed by atoms with van der Waals surface area (Å²) in [5.74, 6) is -0.0606.